The molecule has 0 aromatic rings. The molecule has 4 rings (SSSR count). The van der Waals surface area contributed by atoms with E-state index in [4.69, 9.17) is 4.74 Å². The molecule has 21 heavy (non-hydrogen) atoms. The lowest BCUT2D eigenvalue weighted by molar-refractivity contribution is -0.132. The zero-order valence-electron chi connectivity index (χ0n) is 13.1. The minimum Gasteiger partial charge on any atom is -0.378 e. The fourth-order valence-corrected chi connectivity index (χ4v) is 4.75. The maximum atomic E-state index is 12.9. The normalized spacial score (nSPS) is 38.8. The summed E-state index contributed by atoms with van der Waals surface area (Å²) in [6, 6.07) is 0. The average molecular weight is 292 g/mol. The molecule has 4 heteroatoms. The van der Waals surface area contributed by atoms with E-state index in [-0.39, 0.29) is 5.54 Å². The highest BCUT2D eigenvalue weighted by Crippen LogP contribution is 2.46. The fourth-order valence-electron chi connectivity index (χ4n) is 4.75. The summed E-state index contributed by atoms with van der Waals surface area (Å²) in [5.41, 5.74) is -0.158. The molecule has 1 spiro atoms. The van der Waals surface area contributed by atoms with Crippen molar-refractivity contribution in [2.75, 3.05) is 13.2 Å². The number of hydrogen-bond acceptors (Lipinski definition) is 3. The number of ether oxygens (including phenoxy) is 1. The quantitative estimate of drug-likeness (QED) is 0.864. The Bertz CT molecular complexity index is 415. The molecule has 0 bridgehead atoms. The van der Waals surface area contributed by atoms with Gasteiger partial charge in [0.15, 0.2) is 0 Å². The highest BCUT2D eigenvalue weighted by Gasteiger charge is 2.60. The third-order valence-corrected chi connectivity index (χ3v) is 6.21. The van der Waals surface area contributed by atoms with Crippen molar-refractivity contribution in [3.63, 3.8) is 0 Å². The Hall–Kier alpha value is -0.610. The Morgan fingerprint density at radius 1 is 1.29 bits per heavy atom. The first-order chi connectivity index (χ1) is 10.2. The minimum absolute atomic E-state index is 0.158. The second kappa shape index (κ2) is 5.24. The van der Waals surface area contributed by atoms with Crippen molar-refractivity contribution < 1.29 is 9.53 Å². The molecule has 1 amide bonds. The van der Waals surface area contributed by atoms with Gasteiger partial charge in [-0.3, -0.25) is 10.1 Å². The first kappa shape index (κ1) is 14.0. The zero-order valence-corrected chi connectivity index (χ0v) is 13.1. The first-order valence-electron chi connectivity index (χ1n) is 8.94. The maximum Gasteiger partial charge on any atom is 0.244 e. The Kier molecular flexibility index (Phi) is 3.49. The topological polar surface area (TPSA) is 41.6 Å². The van der Waals surface area contributed by atoms with Crippen molar-refractivity contribution in [3.8, 4) is 0 Å². The van der Waals surface area contributed by atoms with E-state index >= 15 is 0 Å². The van der Waals surface area contributed by atoms with Gasteiger partial charge in [-0.2, -0.15) is 0 Å². The number of nitrogens with zero attached hydrogens (tertiary/aromatic N) is 1. The number of carbonyl (C=O) groups is 1. The third-order valence-electron chi connectivity index (χ3n) is 6.21. The SMILES string of the molecule is CCC1OCCC1CN1C(=O)C2(CC2)NC1C1CCCC1. The number of nitrogens with one attached hydrogen (secondary N) is 1. The van der Waals surface area contributed by atoms with Crippen molar-refractivity contribution in [2.45, 2.75) is 76.1 Å². The lowest BCUT2D eigenvalue weighted by Crippen LogP contribution is -2.45. The van der Waals surface area contributed by atoms with Crippen LogP contribution in [0, 0.1) is 11.8 Å². The van der Waals surface area contributed by atoms with Gasteiger partial charge < -0.3 is 9.64 Å². The van der Waals surface area contributed by atoms with Crippen LogP contribution in [0.1, 0.15) is 58.3 Å². The highest BCUT2D eigenvalue weighted by atomic mass is 16.5. The number of carbonyl (C=O) groups excluding carboxylic acids is 1. The summed E-state index contributed by atoms with van der Waals surface area (Å²) in [7, 11) is 0. The molecule has 2 heterocycles. The Labute approximate surface area is 127 Å². The van der Waals surface area contributed by atoms with Crippen LogP contribution >= 0.6 is 0 Å². The molecule has 2 aliphatic carbocycles. The predicted octanol–water partition coefficient (Wildman–Crippen LogP) is 2.28. The molecule has 2 saturated heterocycles. The van der Waals surface area contributed by atoms with E-state index in [9.17, 15) is 4.79 Å². The van der Waals surface area contributed by atoms with E-state index in [1.807, 2.05) is 0 Å². The molecule has 4 nitrogen and oxygen atoms in total. The van der Waals surface area contributed by atoms with E-state index in [1.54, 1.807) is 0 Å². The Balaban J connectivity index is 1.51. The van der Waals surface area contributed by atoms with Gasteiger partial charge in [0.2, 0.25) is 5.91 Å². The smallest absolute Gasteiger partial charge is 0.244 e. The largest absolute Gasteiger partial charge is 0.378 e. The predicted molar refractivity (Wildman–Crippen MR) is 80.7 cm³/mol. The summed E-state index contributed by atoms with van der Waals surface area (Å²) in [5.74, 6) is 1.61. The van der Waals surface area contributed by atoms with E-state index in [2.05, 4.69) is 17.1 Å². The first-order valence-corrected chi connectivity index (χ1v) is 8.94. The summed E-state index contributed by atoms with van der Waals surface area (Å²) in [5, 5.41) is 3.73. The van der Waals surface area contributed by atoms with Gasteiger partial charge in [0.05, 0.1) is 17.8 Å². The lowest BCUT2D eigenvalue weighted by Gasteiger charge is -2.32. The highest BCUT2D eigenvalue weighted by molar-refractivity contribution is 5.91. The molecule has 4 aliphatic rings. The van der Waals surface area contributed by atoms with Gasteiger partial charge >= 0.3 is 0 Å². The lowest BCUT2D eigenvalue weighted by atomic mass is 9.97. The molecule has 2 aliphatic heterocycles. The van der Waals surface area contributed by atoms with Crippen LogP contribution in [0.25, 0.3) is 0 Å². The van der Waals surface area contributed by atoms with Gasteiger partial charge in [0.25, 0.3) is 0 Å². The van der Waals surface area contributed by atoms with E-state index < -0.39 is 0 Å². The molecule has 3 atom stereocenters. The van der Waals surface area contributed by atoms with Crippen molar-refractivity contribution in [2.24, 2.45) is 11.8 Å². The van der Waals surface area contributed by atoms with Crippen LogP contribution in [0.5, 0.6) is 0 Å². The summed E-state index contributed by atoms with van der Waals surface area (Å²) in [4.78, 5) is 15.1. The van der Waals surface area contributed by atoms with E-state index in [1.165, 1.54) is 25.7 Å². The summed E-state index contributed by atoms with van der Waals surface area (Å²) in [6.07, 6.45) is 10.2. The molecule has 0 aromatic heterocycles. The van der Waals surface area contributed by atoms with Gasteiger partial charge in [0, 0.05) is 19.1 Å². The van der Waals surface area contributed by atoms with Gasteiger partial charge in [0.1, 0.15) is 0 Å². The van der Waals surface area contributed by atoms with Gasteiger partial charge in [-0.15, -0.1) is 0 Å². The molecule has 0 aromatic carbocycles. The molecule has 4 fully saturated rings. The van der Waals surface area contributed by atoms with Crippen molar-refractivity contribution >= 4 is 5.91 Å². The molecular formula is C17H28N2O2. The standard InChI is InChI=1S/C17H28N2O2/c1-2-14-13(7-10-21-14)11-19-15(12-5-3-4-6-12)18-17(8-9-17)16(19)20/h12-15,18H,2-11H2,1H3. The molecule has 0 radical (unpaired) electrons. The van der Waals surface area contributed by atoms with Gasteiger partial charge in [-0.1, -0.05) is 19.8 Å². The van der Waals surface area contributed by atoms with E-state index in [0.717, 1.165) is 38.8 Å². The zero-order chi connectivity index (χ0) is 14.4. The van der Waals surface area contributed by atoms with Crippen LogP contribution < -0.4 is 5.32 Å². The molecular weight excluding hydrogens is 264 g/mol. The van der Waals surface area contributed by atoms with Crippen LogP contribution in [0.2, 0.25) is 0 Å². The minimum atomic E-state index is -0.158. The second-order valence-corrected chi connectivity index (χ2v) is 7.54. The van der Waals surface area contributed by atoms with Crippen LogP contribution in [0.3, 0.4) is 0 Å². The average Bonchev–Trinajstić information content (AvgIpc) is 2.88. The van der Waals surface area contributed by atoms with Gasteiger partial charge in [-0.05, 0) is 44.4 Å². The summed E-state index contributed by atoms with van der Waals surface area (Å²) in [6.45, 7) is 3.98. The van der Waals surface area contributed by atoms with Crippen molar-refractivity contribution in [3.05, 3.63) is 0 Å². The molecule has 2 saturated carbocycles. The Morgan fingerprint density at radius 2 is 2.05 bits per heavy atom. The fraction of sp³-hybridized carbons (Fsp3) is 0.941. The van der Waals surface area contributed by atoms with Crippen molar-refractivity contribution in [1.29, 1.82) is 0 Å². The van der Waals surface area contributed by atoms with Crippen LogP contribution in [0.4, 0.5) is 0 Å². The number of hydrogen-bond donors (Lipinski definition) is 1. The summed E-state index contributed by atoms with van der Waals surface area (Å²) < 4.78 is 5.83. The monoisotopic (exact) mass is 292 g/mol. The second-order valence-electron chi connectivity index (χ2n) is 7.54. The van der Waals surface area contributed by atoms with Gasteiger partial charge in [-0.25, -0.2) is 0 Å². The third kappa shape index (κ3) is 2.31. The summed E-state index contributed by atoms with van der Waals surface area (Å²) >= 11 is 0. The van der Waals surface area contributed by atoms with E-state index in [0.29, 0.717) is 30.0 Å². The maximum absolute atomic E-state index is 12.9. The van der Waals surface area contributed by atoms with Crippen LogP contribution in [0.15, 0.2) is 0 Å². The van der Waals surface area contributed by atoms with Crippen LogP contribution in [-0.4, -0.2) is 41.8 Å². The van der Waals surface area contributed by atoms with Crippen molar-refractivity contribution in [1.82, 2.24) is 10.2 Å². The molecule has 118 valence electrons. The number of amides is 1. The van der Waals surface area contributed by atoms with Crippen LogP contribution in [-0.2, 0) is 9.53 Å². The number of rotatable bonds is 4. The molecule has 1 N–H and O–H groups in total. The Morgan fingerprint density at radius 3 is 2.71 bits per heavy atom. The molecule has 3 unspecified atom stereocenters.